The van der Waals surface area contributed by atoms with Crippen molar-refractivity contribution in [3.8, 4) is 0 Å². The van der Waals surface area contributed by atoms with Crippen molar-refractivity contribution in [2.45, 2.75) is 45.6 Å². The lowest BCUT2D eigenvalue weighted by atomic mass is 10.2. The standard InChI is InChI=1S/C12H21N5/c1-3-5-8-6-10(8)16-11-9(4-2)12(17-13)15-7-14-11/h7-8,10H,3-6,13H2,1-2H3,(H2,14,15,16,17). The first-order valence-corrected chi connectivity index (χ1v) is 6.37. The Bertz CT molecular complexity index is 379. The Morgan fingerprint density at radius 1 is 1.35 bits per heavy atom. The monoisotopic (exact) mass is 235 g/mol. The lowest BCUT2D eigenvalue weighted by Gasteiger charge is -2.12. The highest BCUT2D eigenvalue weighted by molar-refractivity contribution is 5.57. The summed E-state index contributed by atoms with van der Waals surface area (Å²) in [4.78, 5) is 8.44. The van der Waals surface area contributed by atoms with Crippen LogP contribution < -0.4 is 16.6 Å². The maximum atomic E-state index is 5.45. The van der Waals surface area contributed by atoms with Crippen LogP contribution in [0.2, 0.25) is 0 Å². The van der Waals surface area contributed by atoms with E-state index in [0.29, 0.717) is 6.04 Å². The zero-order valence-corrected chi connectivity index (χ0v) is 10.5. The van der Waals surface area contributed by atoms with Gasteiger partial charge >= 0.3 is 0 Å². The highest BCUT2D eigenvalue weighted by Crippen LogP contribution is 2.37. The van der Waals surface area contributed by atoms with Crippen LogP contribution >= 0.6 is 0 Å². The molecule has 17 heavy (non-hydrogen) atoms. The Labute approximate surface area is 102 Å². The van der Waals surface area contributed by atoms with Crippen LogP contribution in [-0.2, 0) is 6.42 Å². The summed E-state index contributed by atoms with van der Waals surface area (Å²) in [5, 5.41) is 3.50. The smallest absolute Gasteiger partial charge is 0.148 e. The van der Waals surface area contributed by atoms with Gasteiger partial charge < -0.3 is 10.7 Å². The molecule has 2 rings (SSSR count). The molecule has 5 heteroatoms. The second kappa shape index (κ2) is 5.31. The number of aromatic nitrogens is 2. The Balaban J connectivity index is 2.06. The maximum absolute atomic E-state index is 5.45. The summed E-state index contributed by atoms with van der Waals surface area (Å²) >= 11 is 0. The van der Waals surface area contributed by atoms with Gasteiger partial charge in [0.15, 0.2) is 0 Å². The average molecular weight is 235 g/mol. The van der Waals surface area contributed by atoms with E-state index in [1.807, 2.05) is 0 Å². The van der Waals surface area contributed by atoms with Crippen LogP contribution in [0.25, 0.3) is 0 Å². The average Bonchev–Trinajstić information content (AvgIpc) is 3.07. The van der Waals surface area contributed by atoms with Crippen molar-refractivity contribution in [2.75, 3.05) is 10.7 Å². The Kier molecular flexibility index (Phi) is 3.78. The number of nitrogens with two attached hydrogens (primary N) is 1. The third-order valence-corrected chi connectivity index (χ3v) is 3.34. The van der Waals surface area contributed by atoms with E-state index in [1.165, 1.54) is 19.3 Å². The van der Waals surface area contributed by atoms with Crippen LogP contribution in [-0.4, -0.2) is 16.0 Å². The summed E-state index contributed by atoms with van der Waals surface area (Å²) in [5.74, 6) is 7.91. The van der Waals surface area contributed by atoms with Gasteiger partial charge in [0.25, 0.3) is 0 Å². The van der Waals surface area contributed by atoms with Gasteiger partial charge in [0.1, 0.15) is 18.0 Å². The predicted molar refractivity (Wildman–Crippen MR) is 69.6 cm³/mol. The molecule has 1 aliphatic rings. The third-order valence-electron chi connectivity index (χ3n) is 3.34. The summed E-state index contributed by atoms with van der Waals surface area (Å²) in [6.45, 7) is 4.31. The van der Waals surface area contributed by atoms with Gasteiger partial charge in [-0.05, 0) is 25.2 Å². The van der Waals surface area contributed by atoms with Crippen LogP contribution in [0, 0.1) is 5.92 Å². The van der Waals surface area contributed by atoms with Crippen LogP contribution in [0.5, 0.6) is 0 Å². The molecule has 1 aromatic rings. The van der Waals surface area contributed by atoms with Crippen molar-refractivity contribution in [1.29, 1.82) is 0 Å². The molecule has 1 fully saturated rings. The van der Waals surface area contributed by atoms with Crippen molar-refractivity contribution in [3.63, 3.8) is 0 Å². The minimum Gasteiger partial charge on any atom is -0.367 e. The van der Waals surface area contributed by atoms with Gasteiger partial charge in [0.05, 0.1) is 0 Å². The molecule has 5 nitrogen and oxygen atoms in total. The number of hydrogen-bond acceptors (Lipinski definition) is 5. The summed E-state index contributed by atoms with van der Waals surface area (Å²) in [5.41, 5.74) is 3.69. The number of anilines is 2. The second-order valence-electron chi connectivity index (χ2n) is 4.58. The van der Waals surface area contributed by atoms with Gasteiger partial charge in [-0.3, -0.25) is 0 Å². The van der Waals surface area contributed by atoms with E-state index >= 15 is 0 Å². The second-order valence-corrected chi connectivity index (χ2v) is 4.58. The van der Waals surface area contributed by atoms with Crippen molar-refractivity contribution >= 4 is 11.6 Å². The molecule has 0 aromatic carbocycles. The van der Waals surface area contributed by atoms with Crippen molar-refractivity contribution in [2.24, 2.45) is 11.8 Å². The van der Waals surface area contributed by atoms with E-state index in [2.05, 4.69) is 34.6 Å². The molecule has 0 aliphatic heterocycles. The summed E-state index contributed by atoms with van der Waals surface area (Å²) in [6, 6.07) is 0.584. The normalized spacial score (nSPS) is 22.3. The van der Waals surface area contributed by atoms with Crippen LogP contribution in [0.4, 0.5) is 11.6 Å². The minimum absolute atomic E-state index is 0.584. The zero-order chi connectivity index (χ0) is 12.3. The van der Waals surface area contributed by atoms with E-state index < -0.39 is 0 Å². The molecule has 1 heterocycles. The lowest BCUT2D eigenvalue weighted by molar-refractivity contribution is 0.691. The molecule has 0 spiro atoms. The molecule has 4 N–H and O–H groups in total. The van der Waals surface area contributed by atoms with E-state index in [-0.39, 0.29) is 0 Å². The Morgan fingerprint density at radius 2 is 2.12 bits per heavy atom. The summed E-state index contributed by atoms with van der Waals surface area (Å²) in [6.07, 6.45) is 6.23. The molecule has 1 aliphatic carbocycles. The number of nitrogens with one attached hydrogen (secondary N) is 2. The van der Waals surface area contributed by atoms with Gasteiger partial charge in [-0.1, -0.05) is 20.3 Å². The lowest BCUT2D eigenvalue weighted by Crippen LogP contribution is -2.15. The largest absolute Gasteiger partial charge is 0.367 e. The number of hydrazine groups is 1. The van der Waals surface area contributed by atoms with Crippen LogP contribution in [0.15, 0.2) is 6.33 Å². The third kappa shape index (κ3) is 2.66. The molecular weight excluding hydrogens is 214 g/mol. The first kappa shape index (κ1) is 12.1. The van der Waals surface area contributed by atoms with E-state index in [0.717, 1.165) is 29.5 Å². The fraction of sp³-hybridized carbons (Fsp3) is 0.667. The minimum atomic E-state index is 0.584. The molecule has 1 aromatic heterocycles. The SMILES string of the molecule is CCCC1CC1Nc1ncnc(NN)c1CC. The first-order valence-electron chi connectivity index (χ1n) is 6.37. The highest BCUT2D eigenvalue weighted by atomic mass is 15.3. The number of rotatable bonds is 6. The fourth-order valence-electron chi connectivity index (χ4n) is 2.29. The van der Waals surface area contributed by atoms with E-state index in [9.17, 15) is 0 Å². The highest BCUT2D eigenvalue weighted by Gasteiger charge is 2.36. The molecule has 2 atom stereocenters. The van der Waals surface area contributed by atoms with Crippen LogP contribution in [0.3, 0.4) is 0 Å². The maximum Gasteiger partial charge on any atom is 0.148 e. The van der Waals surface area contributed by atoms with Gasteiger partial charge in [-0.25, -0.2) is 15.8 Å². The quantitative estimate of drug-likeness (QED) is 0.519. The van der Waals surface area contributed by atoms with Gasteiger partial charge in [-0.15, -0.1) is 0 Å². The van der Waals surface area contributed by atoms with E-state index in [1.54, 1.807) is 6.33 Å². The van der Waals surface area contributed by atoms with Gasteiger partial charge in [-0.2, -0.15) is 0 Å². The van der Waals surface area contributed by atoms with Crippen molar-refractivity contribution < 1.29 is 0 Å². The Hall–Kier alpha value is -1.36. The molecule has 0 saturated heterocycles. The first-order chi connectivity index (χ1) is 8.30. The van der Waals surface area contributed by atoms with Crippen molar-refractivity contribution in [3.05, 3.63) is 11.9 Å². The predicted octanol–water partition coefficient (Wildman–Crippen LogP) is 1.93. The van der Waals surface area contributed by atoms with E-state index in [4.69, 9.17) is 5.84 Å². The van der Waals surface area contributed by atoms with Gasteiger partial charge in [0.2, 0.25) is 0 Å². The fourth-order valence-corrected chi connectivity index (χ4v) is 2.29. The molecule has 0 radical (unpaired) electrons. The van der Waals surface area contributed by atoms with Gasteiger partial charge in [0, 0.05) is 11.6 Å². The number of nitrogen functional groups attached to an aromatic ring is 1. The summed E-state index contributed by atoms with van der Waals surface area (Å²) < 4.78 is 0. The molecular formula is C12H21N5. The molecule has 0 bridgehead atoms. The van der Waals surface area contributed by atoms with Crippen LogP contribution in [0.1, 0.15) is 38.7 Å². The molecule has 2 unspecified atom stereocenters. The summed E-state index contributed by atoms with van der Waals surface area (Å²) in [7, 11) is 0. The molecule has 0 amide bonds. The Morgan fingerprint density at radius 3 is 2.76 bits per heavy atom. The number of hydrogen-bond donors (Lipinski definition) is 3. The zero-order valence-electron chi connectivity index (χ0n) is 10.5. The topological polar surface area (TPSA) is 75.9 Å². The molecule has 1 saturated carbocycles. The van der Waals surface area contributed by atoms with Crippen molar-refractivity contribution in [1.82, 2.24) is 9.97 Å². The molecule has 94 valence electrons. The number of nitrogens with zero attached hydrogens (tertiary/aromatic N) is 2.